The van der Waals surface area contributed by atoms with Gasteiger partial charge < -0.3 is 0 Å². The van der Waals surface area contributed by atoms with Crippen molar-refractivity contribution in [2.24, 2.45) is 5.41 Å². The van der Waals surface area contributed by atoms with Crippen molar-refractivity contribution in [1.29, 1.82) is 0 Å². The van der Waals surface area contributed by atoms with Crippen molar-refractivity contribution in [2.75, 3.05) is 12.3 Å². The third-order valence-corrected chi connectivity index (χ3v) is 4.60. The van der Waals surface area contributed by atoms with Crippen LogP contribution in [0.2, 0.25) is 0 Å². The average Bonchev–Trinajstić information content (AvgIpc) is 2.75. The third-order valence-electron chi connectivity index (χ3n) is 3.22. The number of amides is 4. The highest BCUT2D eigenvalue weighted by Crippen LogP contribution is 2.29. The first-order valence-electron chi connectivity index (χ1n) is 5.72. The lowest BCUT2D eigenvalue weighted by atomic mass is 9.88. The van der Waals surface area contributed by atoms with E-state index in [-0.39, 0.29) is 0 Å². The number of imide groups is 2. The van der Waals surface area contributed by atoms with Crippen LogP contribution in [0.25, 0.3) is 0 Å². The summed E-state index contributed by atoms with van der Waals surface area (Å²) >= 11 is 1.78. The van der Waals surface area contributed by atoms with Crippen LogP contribution < -0.4 is 5.32 Å². The number of carbonyl (C=O) groups is 3. The second-order valence-electron chi connectivity index (χ2n) is 4.94. The zero-order chi connectivity index (χ0) is 12.6. The molecule has 1 atom stereocenters. The molecule has 2 aliphatic rings. The summed E-state index contributed by atoms with van der Waals surface area (Å²) in [5, 5.41) is 2.56. The number of urea groups is 1. The minimum absolute atomic E-state index is 0.314. The van der Waals surface area contributed by atoms with Crippen molar-refractivity contribution in [2.45, 2.75) is 31.9 Å². The molecule has 17 heavy (non-hydrogen) atoms. The number of hydrogen-bond acceptors (Lipinski definition) is 4. The van der Waals surface area contributed by atoms with E-state index in [1.807, 2.05) is 0 Å². The summed E-state index contributed by atoms with van der Waals surface area (Å²) in [6, 6.07) is -0.577. The average molecular weight is 256 g/mol. The van der Waals surface area contributed by atoms with Gasteiger partial charge in [0.1, 0.15) is 5.41 Å². The van der Waals surface area contributed by atoms with E-state index in [1.165, 1.54) is 4.90 Å². The van der Waals surface area contributed by atoms with Crippen LogP contribution in [0.5, 0.6) is 0 Å². The van der Waals surface area contributed by atoms with Crippen LogP contribution in [0.4, 0.5) is 4.79 Å². The minimum Gasteiger partial charge on any atom is -0.277 e. The number of barbiturate groups is 1. The zero-order valence-electron chi connectivity index (χ0n) is 9.99. The van der Waals surface area contributed by atoms with Crippen LogP contribution in [0.15, 0.2) is 0 Å². The molecule has 2 aliphatic heterocycles. The molecule has 2 rings (SSSR count). The zero-order valence-corrected chi connectivity index (χ0v) is 10.8. The molecule has 0 aliphatic carbocycles. The van der Waals surface area contributed by atoms with Gasteiger partial charge in [0.05, 0.1) is 0 Å². The summed E-state index contributed by atoms with van der Waals surface area (Å²) < 4.78 is 0. The maximum Gasteiger partial charge on any atom is 0.330 e. The molecule has 4 amide bonds. The van der Waals surface area contributed by atoms with E-state index in [0.29, 0.717) is 11.8 Å². The summed E-state index contributed by atoms with van der Waals surface area (Å²) in [5.74, 6) is 0.179. The fraction of sp³-hybridized carbons (Fsp3) is 0.727. The van der Waals surface area contributed by atoms with Crippen LogP contribution in [-0.2, 0) is 9.59 Å². The van der Waals surface area contributed by atoms with Gasteiger partial charge in [0, 0.05) is 11.8 Å². The highest BCUT2D eigenvalue weighted by molar-refractivity contribution is 8.00. The molecular weight excluding hydrogens is 240 g/mol. The summed E-state index contributed by atoms with van der Waals surface area (Å²) in [6.45, 7) is 3.50. The molecule has 0 bridgehead atoms. The lowest BCUT2D eigenvalue weighted by molar-refractivity contribution is -0.148. The Kier molecular flexibility index (Phi) is 3.16. The molecule has 2 saturated heterocycles. The smallest absolute Gasteiger partial charge is 0.277 e. The Morgan fingerprint density at radius 1 is 1.41 bits per heavy atom. The molecule has 0 radical (unpaired) electrons. The van der Waals surface area contributed by atoms with Gasteiger partial charge in [0.15, 0.2) is 0 Å². The second-order valence-corrected chi connectivity index (χ2v) is 6.34. The van der Waals surface area contributed by atoms with Crippen LogP contribution in [-0.4, -0.2) is 40.3 Å². The fourth-order valence-electron chi connectivity index (χ4n) is 2.01. The summed E-state index contributed by atoms with van der Waals surface area (Å²) in [7, 11) is 0. The lowest BCUT2D eigenvalue weighted by Gasteiger charge is -2.35. The molecule has 2 heterocycles. The van der Waals surface area contributed by atoms with Crippen LogP contribution in [0, 0.1) is 5.41 Å². The highest BCUT2D eigenvalue weighted by atomic mass is 32.2. The van der Waals surface area contributed by atoms with Crippen molar-refractivity contribution in [3.63, 3.8) is 0 Å². The molecule has 0 aromatic heterocycles. The predicted molar refractivity (Wildman–Crippen MR) is 64.5 cm³/mol. The van der Waals surface area contributed by atoms with Gasteiger partial charge in [0.2, 0.25) is 11.8 Å². The second kappa shape index (κ2) is 4.33. The molecule has 0 aromatic carbocycles. The third kappa shape index (κ3) is 2.18. The first-order chi connectivity index (χ1) is 7.93. The van der Waals surface area contributed by atoms with Crippen molar-refractivity contribution < 1.29 is 14.4 Å². The van der Waals surface area contributed by atoms with E-state index in [0.717, 1.165) is 18.6 Å². The lowest BCUT2D eigenvalue weighted by Crippen LogP contribution is -2.62. The van der Waals surface area contributed by atoms with E-state index < -0.39 is 23.3 Å². The molecule has 1 unspecified atom stereocenters. The molecule has 0 aromatic rings. The van der Waals surface area contributed by atoms with E-state index in [2.05, 4.69) is 5.32 Å². The number of hydrogen-bond donors (Lipinski definition) is 1. The largest absolute Gasteiger partial charge is 0.330 e. The highest BCUT2D eigenvalue weighted by Gasteiger charge is 2.47. The van der Waals surface area contributed by atoms with Gasteiger partial charge in [-0.05, 0) is 32.4 Å². The summed E-state index contributed by atoms with van der Waals surface area (Å²) in [4.78, 5) is 36.5. The Hall–Kier alpha value is -1.04. The van der Waals surface area contributed by atoms with Crippen molar-refractivity contribution >= 4 is 29.6 Å². The molecule has 5 nitrogen and oxygen atoms in total. The maximum atomic E-state index is 12.1. The van der Waals surface area contributed by atoms with Crippen molar-refractivity contribution in [1.82, 2.24) is 10.2 Å². The molecule has 94 valence electrons. The molecule has 1 N–H and O–H groups in total. The van der Waals surface area contributed by atoms with Crippen molar-refractivity contribution in [3.8, 4) is 0 Å². The minimum atomic E-state index is -1.14. The Morgan fingerprint density at radius 3 is 2.71 bits per heavy atom. The Bertz CT molecular complexity index is 375. The number of thioether (sulfide) groups is 1. The quantitative estimate of drug-likeness (QED) is 0.748. The number of nitrogens with zero attached hydrogens (tertiary/aromatic N) is 1. The molecular formula is C11H16N2O3S. The fourth-order valence-corrected chi connectivity index (χ4v) is 3.26. The first-order valence-corrected chi connectivity index (χ1v) is 6.77. The Labute approximate surface area is 104 Å². The van der Waals surface area contributed by atoms with Gasteiger partial charge in [-0.3, -0.25) is 19.8 Å². The molecule has 2 fully saturated rings. The van der Waals surface area contributed by atoms with Gasteiger partial charge in [-0.2, -0.15) is 11.8 Å². The molecule has 0 spiro atoms. The summed E-state index contributed by atoms with van der Waals surface area (Å²) in [5.41, 5.74) is -1.14. The topological polar surface area (TPSA) is 66.5 Å². The van der Waals surface area contributed by atoms with E-state index >= 15 is 0 Å². The maximum absolute atomic E-state index is 12.1. The van der Waals surface area contributed by atoms with Crippen LogP contribution in [0.1, 0.15) is 26.7 Å². The van der Waals surface area contributed by atoms with Gasteiger partial charge in [-0.15, -0.1) is 0 Å². The SMILES string of the molecule is CC1(C)C(=O)NC(=O)N(CC2CCCS2)C1=O. The van der Waals surface area contributed by atoms with Crippen LogP contribution >= 0.6 is 11.8 Å². The van der Waals surface area contributed by atoms with E-state index in [4.69, 9.17) is 0 Å². The van der Waals surface area contributed by atoms with Crippen LogP contribution in [0.3, 0.4) is 0 Å². The first kappa shape index (κ1) is 12.4. The summed E-state index contributed by atoms with van der Waals surface area (Å²) in [6.07, 6.45) is 2.15. The van der Waals surface area contributed by atoms with Gasteiger partial charge in [-0.1, -0.05) is 0 Å². The number of nitrogens with one attached hydrogen (secondary N) is 1. The monoisotopic (exact) mass is 256 g/mol. The number of carbonyl (C=O) groups excluding carboxylic acids is 3. The molecule has 0 saturated carbocycles. The van der Waals surface area contributed by atoms with Gasteiger partial charge >= 0.3 is 6.03 Å². The Balaban J connectivity index is 2.12. The van der Waals surface area contributed by atoms with E-state index in [1.54, 1.807) is 25.6 Å². The predicted octanol–water partition coefficient (Wildman–Crippen LogP) is 0.987. The van der Waals surface area contributed by atoms with E-state index in [9.17, 15) is 14.4 Å². The normalized spacial score (nSPS) is 28.5. The van der Waals surface area contributed by atoms with Gasteiger partial charge in [-0.25, -0.2) is 4.79 Å². The standard InChI is InChI=1S/C11H16N2O3S/c1-11(2)8(14)12-10(16)13(9(11)15)6-7-4-3-5-17-7/h7H,3-6H2,1-2H3,(H,12,14,16). The van der Waals surface area contributed by atoms with Gasteiger partial charge in [0.25, 0.3) is 0 Å². The number of rotatable bonds is 2. The van der Waals surface area contributed by atoms with Crippen molar-refractivity contribution in [3.05, 3.63) is 0 Å². The Morgan fingerprint density at radius 2 is 2.12 bits per heavy atom. The molecule has 6 heteroatoms.